The quantitative estimate of drug-likeness (QED) is 0.888. The number of hydrogen-bond acceptors (Lipinski definition) is 5. The fourth-order valence-electron chi connectivity index (χ4n) is 2.51. The van der Waals surface area contributed by atoms with Crippen LogP contribution in [0.1, 0.15) is 31.4 Å². The smallest absolute Gasteiger partial charge is 0.254 e. The molecule has 2 atom stereocenters. The molecule has 0 bridgehead atoms. The molecule has 1 aromatic heterocycles. The molecule has 0 aliphatic carbocycles. The summed E-state index contributed by atoms with van der Waals surface area (Å²) in [6.07, 6.45) is 1.31. The second kappa shape index (κ2) is 7.19. The highest BCUT2D eigenvalue weighted by atomic mass is 16.5. The first-order chi connectivity index (χ1) is 11.2. The summed E-state index contributed by atoms with van der Waals surface area (Å²) in [5, 5.41) is 14.2. The van der Waals surface area contributed by atoms with Crippen molar-refractivity contribution in [1.82, 2.24) is 10.2 Å². The summed E-state index contributed by atoms with van der Waals surface area (Å²) >= 11 is 0. The van der Waals surface area contributed by atoms with Crippen LogP contribution in [0.15, 0.2) is 42.5 Å². The SMILES string of the molecule is CC(Nc1ccc(NC(=O)C2CCCO2)nn1)c1ccccc1. The minimum Gasteiger partial charge on any atom is -0.368 e. The number of benzene rings is 1. The summed E-state index contributed by atoms with van der Waals surface area (Å²) in [6, 6.07) is 13.8. The first kappa shape index (κ1) is 15.4. The molecule has 0 radical (unpaired) electrons. The molecule has 0 spiro atoms. The van der Waals surface area contributed by atoms with Gasteiger partial charge in [-0.25, -0.2) is 0 Å². The van der Waals surface area contributed by atoms with Gasteiger partial charge in [0.05, 0.1) is 0 Å². The van der Waals surface area contributed by atoms with Gasteiger partial charge < -0.3 is 15.4 Å². The van der Waals surface area contributed by atoms with Crippen molar-refractivity contribution in [3.05, 3.63) is 48.0 Å². The third kappa shape index (κ3) is 4.04. The Bertz CT molecular complexity index is 639. The lowest BCUT2D eigenvalue weighted by atomic mass is 10.1. The number of hydrogen-bond donors (Lipinski definition) is 2. The molecule has 1 aromatic carbocycles. The number of aromatic nitrogens is 2. The highest BCUT2D eigenvalue weighted by Gasteiger charge is 2.23. The summed E-state index contributed by atoms with van der Waals surface area (Å²) < 4.78 is 5.34. The number of amides is 1. The van der Waals surface area contributed by atoms with Gasteiger partial charge in [0.15, 0.2) is 5.82 Å². The first-order valence-corrected chi connectivity index (χ1v) is 7.80. The van der Waals surface area contributed by atoms with E-state index in [1.165, 1.54) is 5.56 Å². The molecule has 6 heteroatoms. The normalized spacial score (nSPS) is 18.4. The molecule has 1 aliphatic rings. The minimum atomic E-state index is -0.368. The van der Waals surface area contributed by atoms with E-state index < -0.39 is 0 Å². The zero-order valence-electron chi connectivity index (χ0n) is 13.0. The van der Waals surface area contributed by atoms with Crippen LogP contribution in [0.3, 0.4) is 0 Å². The lowest BCUT2D eigenvalue weighted by molar-refractivity contribution is -0.124. The van der Waals surface area contributed by atoms with Crippen LogP contribution in [0.2, 0.25) is 0 Å². The topological polar surface area (TPSA) is 76.1 Å². The van der Waals surface area contributed by atoms with Crippen LogP contribution in [0, 0.1) is 0 Å². The Balaban J connectivity index is 1.57. The number of nitrogens with zero attached hydrogens (tertiary/aromatic N) is 2. The van der Waals surface area contributed by atoms with Crippen molar-refractivity contribution in [3.8, 4) is 0 Å². The maximum absolute atomic E-state index is 11.9. The molecule has 0 saturated carbocycles. The van der Waals surface area contributed by atoms with Crippen LogP contribution < -0.4 is 10.6 Å². The summed E-state index contributed by atoms with van der Waals surface area (Å²) in [7, 11) is 0. The third-order valence-electron chi connectivity index (χ3n) is 3.80. The molecule has 1 amide bonds. The van der Waals surface area contributed by atoms with Gasteiger partial charge in [-0.1, -0.05) is 30.3 Å². The van der Waals surface area contributed by atoms with Gasteiger partial charge in [-0.15, -0.1) is 10.2 Å². The number of ether oxygens (including phenoxy) is 1. The zero-order valence-corrected chi connectivity index (χ0v) is 13.0. The molecule has 3 rings (SSSR count). The van der Waals surface area contributed by atoms with Crippen LogP contribution in [0.5, 0.6) is 0 Å². The van der Waals surface area contributed by atoms with E-state index in [9.17, 15) is 4.79 Å². The molecule has 1 fully saturated rings. The molecule has 1 aliphatic heterocycles. The van der Waals surface area contributed by atoms with E-state index in [1.54, 1.807) is 12.1 Å². The molecule has 2 N–H and O–H groups in total. The lowest BCUT2D eigenvalue weighted by Crippen LogP contribution is -2.27. The van der Waals surface area contributed by atoms with Crippen molar-refractivity contribution in [2.24, 2.45) is 0 Å². The zero-order chi connectivity index (χ0) is 16.1. The number of nitrogens with one attached hydrogen (secondary N) is 2. The summed E-state index contributed by atoms with van der Waals surface area (Å²) in [6.45, 7) is 2.70. The Hall–Kier alpha value is -2.47. The second-order valence-corrected chi connectivity index (χ2v) is 5.57. The van der Waals surface area contributed by atoms with Gasteiger partial charge in [-0.05, 0) is 37.5 Å². The summed E-state index contributed by atoms with van der Waals surface area (Å²) in [4.78, 5) is 11.9. The Morgan fingerprint density at radius 1 is 1.17 bits per heavy atom. The minimum absolute atomic E-state index is 0.123. The van der Waals surface area contributed by atoms with E-state index in [-0.39, 0.29) is 18.1 Å². The molecule has 2 aromatic rings. The first-order valence-electron chi connectivity index (χ1n) is 7.80. The van der Waals surface area contributed by atoms with Crippen LogP contribution in [-0.4, -0.2) is 28.8 Å². The van der Waals surface area contributed by atoms with Crippen LogP contribution in [0.25, 0.3) is 0 Å². The van der Waals surface area contributed by atoms with Gasteiger partial charge in [0.1, 0.15) is 11.9 Å². The second-order valence-electron chi connectivity index (χ2n) is 5.57. The maximum atomic E-state index is 11.9. The van der Waals surface area contributed by atoms with Crippen molar-refractivity contribution in [2.45, 2.75) is 31.9 Å². The van der Waals surface area contributed by atoms with Crippen LogP contribution in [0.4, 0.5) is 11.6 Å². The Morgan fingerprint density at radius 2 is 1.91 bits per heavy atom. The molecule has 6 nitrogen and oxygen atoms in total. The van der Waals surface area contributed by atoms with E-state index >= 15 is 0 Å². The Labute approximate surface area is 135 Å². The van der Waals surface area contributed by atoms with Crippen molar-refractivity contribution in [1.29, 1.82) is 0 Å². The largest absolute Gasteiger partial charge is 0.368 e. The average Bonchev–Trinajstić information content (AvgIpc) is 3.12. The molecule has 2 heterocycles. The highest BCUT2D eigenvalue weighted by molar-refractivity contribution is 5.93. The predicted molar refractivity (Wildman–Crippen MR) is 88.1 cm³/mol. The van der Waals surface area contributed by atoms with Crippen molar-refractivity contribution >= 4 is 17.5 Å². The van der Waals surface area contributed by atoms with Gasteiger partial charge in [0.25, 0.3) is 5.91 Å². The maximum Gasteiger partial charge on any atom is 0.254 e. The molecule has 2 unspecified atom stereocenters. The van der Waals surface area contributed by atoms with Crippen LogP contribution >= 0.6 is 0 Å². The number of carbonyl (C=O) groups excluding carboxylic acids is 1. The van der Waals surface area contributed by atoms with Gasteiger partial charge in [-0.2, -0.15) is 0 Å². The number of anilines is 2. The van der Waals surface area contributed by atoms with Crippen molar-refractivity contribution in [2.75, 3.05) is 17.2 Å². The third-order valence-corrected chi connectivity index (χ3v) is 3.80. The molecular formula is C17H20N4O2. The van der Waals surface area contributed by atoms with E-state index in [0.717, 1.165) is 12.8 Å². The van der Waals surface area contributed by atoms with Crippen LogP contribution in [-0.2, 0) is 9.53 Å². The van der Waals surface area contributed by atoms with Crippen molar-refractivity contribution in [3.63, 3.8) is 0 Å². The standard InChI is InChI=1S/C17H20N4O2/c1-12(13-6-3-2-4-7-13)18-15-9-10-16(21-20-15)19-17(22)14-8-5-11-23-14/h2-4,6-7,9-10,12,14H,5,8,11H2,1H3,(H,18,20)(H,19,21,22). The van der Waals surface area contributed by atoms with Gasteiger partial charge in [-0.3, -0.25) is 4.79 Å². The summed E-state index contributed by atoms with van der Waals surface area (Å²) in [5.74, 6) is 0.940. The Morgan fingerprint density at radius 3 is 2.57 bits per heavy atom. The van der Waals surface area contributed by atoms with Crippen molar-refractivity contribution < 1.29 is 9.53 Å². The van der Waals surface area contributed by atoms with Gasteiger partial charge >= 0.3 is 0 Å². The van der Waals surface area contributed by atoms with E-state index in [1.807, 2.05) is 18.2 Å². The van der Waals surface area contributed by atoms with E-state index in [2.05, 4.69) is 39.9 Å². The Kier molecular flexibility index (Phi) is 4.83. The summed E-state index contributed by atoms with van der Waals surface area (Å²) in [5.41, 5.74) is 1.17. The number of carbonyl (C=O) groups is 1. The highest BCUT2D eigenvalue weighted by Crippen LogP contribution is 2.18. The molecule has 120 valence electrons. The van der Waals surface area contributed by atoms with E-state index in [0.29, 0.717) is 18.2 Å². The van der Waals surface area contributed by atoms with Gasteiger partial charge in [0, 0.05) is 12.6 Å². The molecular weight excluding hydrogens is 292 g/mol. The van der Waals surface area contributed by atoms with Gasteiger partial charge in [0.2, 0.25) is 0 Å². The number of rotatable bonds is 5. The molecule has 23 heavy (non-hydrogen) atoms. The fourth-order valence-corrected chi connectivity index (χ4v) is 2.51. The van der Waals surface area contributed by atoms with E-state index in [4.69, 9.17) is 4.74 Å². The molecule has 1 saturated heterocycles. The monoisotopic (exact) mass is 312 g/mol. The fraction of sp³-hybridized carbons (Fsp3) is 0.353. The lowest BCUT2D eigenvalue weighted by Gasteiger charge is -2.14. The predicted octanol–water partition coefficient (Wildman–Crippen LogP) is 2.77. The average molecular weight is 312 g/mol.